The first-order chi connectivity index (χ1) is 8.26. The predicted molar refractivity (Wildman–Crippen MR) is 62.6 cm³/mol. The van der Waals surface area contributed by atoms with Crippen molar-refractivity contribution in [3.05, 3.63) is 42.2 Å². The average molecular weight is 234 g/mol. The summed E-state index contributed by atoms with van der Waals surface area (Å²) in [5.74, 6) is 0.867. The second kappa shape index (κ2) is 5.03. The monoisotopic (exact) mass is 234 g/mol. The maximum Gasteiger partial charge on any atom is 0.186 e. The van der Waals surface area contributed by atoms with E-state index in [-0.39, 0.29) is 5.75 Å². The van der Waals surface area contributed by atoms with Crippen molar-refractivity contribution >= 4 is 0 Å². The van der Waals surface area contributed by atoms with Gasteiger partial charge in [0.1, 0.15) is 11.5 Å². The molecule has 4 heteroatoms. The van der Waals surface area contributed by atoms with Crippen LogP contribution in [0.5, 0.6) is 5.75 Å². The molecule has 0 fully saturated rings. The highest BCUT2D eigenvalue weighted by molar-refractivity contribution is 5.60. The zero-order chi connectivity index (χ0) is 12.3. The van der Waals surface area contributed by atoms with Gasteiger partial charge in [0.25, 0.3) is 0 Å². The fraction of sp³-hybridized carbons (Fsp3) is 0.231. The molecule has 4 nitrogen and oxygen atoms in total. The third-order valence-corrected chi connectivity index (χ3v) is 2.52. The Balaban J connectivity index is 2.42. The Hall–Kier alpha value is -1.78. The van der Waals surface area contributed by atoms with Crippen LogP contribution in [0.3, 0.4) is 0 Å². The lowest BCUT2D eigenvalue weighted by Crippen LogP contribution is -2.04. The summed E-state index contributed by atoms with van der Waals surface area (Å²) in [7, 11) is 3.04. The third kappa shape index (κ3) is 2.33. The van der Waals surface area contributed by atoms with Gasteiger partial charge in [-0.05, 0) is 30.3 Å². The van der Waals surface area contributed by atoms with Crippen LogP contribution in [-0.4, -0.2) is 19.3 Å². The van der Waals surface area contributed by atoms with Gasteiger partial charge in [0, 0.05) is 19.8 Å². The number of aromatic hydroxyl groups is 1. The molecule has 0 unspecified atom stereocenters. The van der Waals surface area contributed by atoms with Gasteiger partial charge in [-0.1, -0.05) is 0 Å². The average Bonchev–Trinajstić information content (AvgIpc) is 2.86. The van der Waals surface area contributed by atoms with Crippen LogP contribution in [0.15, 0.2) is 41.0 Å². The Labute approximate surface area is 99.4 Å². The minimum Gasteiger partial charge on any atom is -0.507 e. The molecule has 1 N–H and O–H groups in total. The van der Waals surface area contributed by atoms with E-state index in [2.05, 4.69) is 0 Å². The molecule has 0 bridgehead atoms. The van der Waals surface area contributed by atoms with Crippen LogP contribution in [0.2, 0.25) is 0 Å². The topological polar surface area (TPSA) is 51.8 Å². The Bertz CT molecular complexity index is 472. The molecule has 0 aliphatic heterocycles. The van der Waals surface area contributed by atoms with Crippen molar-refractivity contribution in [2.75, 3.05) is 14.2 Å². The van der Waals surface area contributed by atoms with E-state index in [1.165, 1.54) is 14.2 Å². The van der Waals surface area contributed by atoms with Gasteiger partial charge < -0.3 is 19.0 Å². The SMILES string of the molecule is COC(OC)c1cc(-c2ccco2)ccc1O. The van der Waals surface area contributed by atoms with Crippen LogP contribution in [0.25, 0.3) is 11.3 Å². The number of hydrogen-bond acceptors (Lipinski definition) is 4. The molecule has 17 heavy (non-hydrogen) atoms. The molecule has 1 aromatic carbocycles. The van der Waals surface area contributed by atoms with Gasteiger partial charge in [0.2, 0.25) is 0 Å². The van der Waals surface area contributed by atoms with E-state index < -0.39 is 6.29 Å². The molecule has 0 saturated heterocycles. The first-order valence-electron chi connectivity index (χ1n) is 5.18. The molecule has 0 radical (unpaired) electrons. The Morgan fingerprint density at radius 1 is 1.18 bits per heavy atom. The summed E-state index contributed by atoms with van der Waals surface area (Å²) in [5.41, 5.74) is 1.44. The molecular weight excluding hydrogens is 220 g/mol. The molecular formula is C13H14O4. The van der Waals surface area contributed by atoms with E-state index in [1.54, 1.807) is 24.5 Å². The Kier molecular flexibility index (Phi) is 3.46. The number of phenols is 1. The highest BCUT2D eigenvalue weighted by Gasteiger charge is 2.15. The van der Waals surface area contributed by atoms with Gasteiger partial charge in [0.15, 0.2) is 6.29 Å². The first-order valence-corrected chi connectivity index (χ1v) is 5.18. The summed E-state index contributed by atoms with van der Waals surface area (Å²) in [6.45, 7) is 0. The second-order valence-electron chi connectivity index (χ2n) is 3.55. The lowest BCUT2D eigenvalue weighted by Gasteiger charge is -2.15. The van der Waals surface area contributed by atoms with Crippen molar-refractivity contribution < 1.29 is 19.0 Å². The first kappa shape index (κ1) is 11.7. The Morgan fingerprint density at radius 2 is 1.94 bits per heavy atom. The second-order valence-corrected chi connectivity index (χ2v) is 3.55. The van der Waals surface area contributed by atoms with Gasteiger partial charge in [-0.2, -0.15) is 0 Å². The lowest BCUT2D eigenvalue weighted by atomic mass is 10.1. The minimum absolute atomic E-state index is 0.133. The molecule has 1 heterocycles. The summed E-state index contributed by atoms with van der Waals surface area (Å²) >= 11 is 0. The van der Waals surface area contributed by atoms with Crippen LogP contribution in [0.1, 0.15) is 11.9 Å². The number of benzene rings is 1. The van der Waals surface area contributed by atoms with Crippen LogP contribution in [0.4, 0.5) is 0 Å². The van der Waals surface area contributed by atoms with Crippen molar-refractivity contribution in [3.8, 4) is 17.1 Å². The zero-order valence-electron chi connectivity index (χ0n) is 9.71. The summed E-state index contributed by atoms with van der Waals surface area (Å²) < 4.78 is 15.5. The Morgan fingerprint density at radius 3 is 2.53 bits per heavy atom. The van der Waals surface area contributed by atoms with E-state index >= 15 is 0 Å². The van der Waals surface area contributed by atoms with Gasteiger partial charge in [-0.25, -0.2) is 0 Å². The van der Waals surface area contributed by atoms with Crippen molar-refractivity contribution in [1.82, 2.24) is 0 Å². The summed E-state index contributed by atoms with van der Waals surface area (Å²) in [6, 6.07) is 8.82. The summed E-state index contributed by atoms with van der Waals surface area (Å²) in [4.78, 5) is 0. The van der Waals surface area contributed by atoms with Gasteiger partial charge in [-0.15, -0.1) is 0 Å². The van der Waals surface area contributed by atoms with Crippen LogP contribution >= 0.6 is 0 Å². The van der Waals surface area contributed by atoms with Crippen LogP contribution in [-0.2, 0) is 9.47 Å². The van der Waals surface area contributed by atoms with Crippen molar-refractivity contribution in [2.24, 2.45) is 0 Å². The van der Waals surface area contributed by atoms with Crippen molar-refractivity contribution in [1.29, 1.82) is 0 Å². The zero-order valence-corrected chi connectivity index (χ0v) is 9.71. The fourth-order valence-corrected chi connectivity index (χ4v) is 1.69. The fourth-order valence-electron chi connectivity index (χ4n) is 1.69. The molecule has 2 rings (SSSR count). The molecule has 0 spiro atoms. The van der Waals surface area contributed by atoms with Crippen LogP contribution < -0.4 is 0 Å². The molecule has 1 aromatic heterocycles. The van der Waals surface area contributed by atoms with Gasteiger partial charge in [-0.3, -0.25) is 0 Å². The summed E-state index contributed by atoms with van der Waals surface area (Å²) in [6.07, 6.45) is 1.01. The van der Waals surface area contributed by atoms with Crippen molar-refractivity contribution in [2.45, 2.75) is 6.29 Å². The van der Waals surface area contributed by atoms with E-state index in [1.807, 2.05) is 12.1 Å². The number of methoxy groups -OCH3 is 2. The highest BCUT2D eigenvalue weighted by atomic mass is 16.7. The molecule has 0 aliphatic rings. The lowest BCUT2D eigenvalue weighted by molar-refractivity contribution is -0.106. The van der Waals surface area contributed by atoms with E-state index in [0.717, 1.165) is 11.3 Å². The van der Waals surface area contributed by atoms with E-state index in [9.17, 15) is 5.11 Å². The number of hydrogen-bond donors (Lipinski definition) is 1. The molecule has 0 aliphatic carbocycles. The van der Waals surface area contributed by atoms with Crippen molar-refractivity contribution in [3.63, 3.8) is 0 Å². The smallest absolute Gasteiger partial charge is 0.186 e. The van der Waals surface area contributed by atoms with E-state index in [4.69, 9.17) is 13.9 Å². The standard InChI is InChI=1S/C13H14O4/c1-15-13(16-2)10-8-9(5-6-11(10)14)12-4-3-7-17-12/h3-8,13-14H,1-2H3. The molecule has 90 valence electrons. The number of rotatable bonds is 4. The molecule has 0 saturated carbocycles. The minimum atomic E-state index is -0.593. The number of ether oxygens (including phenoxy) is 2. The van der Waals surface area contributed by atoms with Gasteiger partial charge in [0.05, 0.1) is 11.8 Å². The number of furan rings is 1. The number of phenolic OH excluding ortho intramolecular Hbond substituents is 1. The summed E-state index contributed by atoms with van der Waals surface area (Å²) in [5, 5.41) is 9.77. The third-order valence-electron chi connectivity index (χ3n) is 2.52. The normalized spacial score (nSPS) is 11.0. The van der Waals surface area contributed by atoms with Gasteiger partial charge >= 0.3 is 0 Å². The van der Waals surface area contributed by atoms with E-state index in [0.29, 0.717) is 5.56 Å². The maximum atomic E-state index is 9.77. The quantitative estimate of drug-likeness (QED) is 0.826. The molecule has 2 aromatic rings. The predicted octanol–water partition coefficient (Wildman–Crippen LogP) is 2.94. The maximum absolute atomic E-state index is 9.77. The molecule has 0 amide bonds. The largest absolute Gasteiger partial charge is 0.507 e. The highest BCUT2D eigenvalue weighted by Crippen LogP contribution is 2.31. The molecule has 0 atom stereocenters. The van der Waals surface area contributed by atoms with Crippen LogP contribution in [0, 0.1) is 0 Å².